The van der Waals surface area contributed by atoms with Gasteiger partial charge in [0, 0.05) is 12.7 Å². The Hall–Kier alpha value is -2.59. The fourth-order valence-corrected chi connectivity index (χ4v) is 1.84. The van der Waals surface area contributed by atoms with Gasteiger partial charge in [-0.1, -0.05) is 0 Å². The van der Waals surface area contributed by atoms with Crippen molar-refractivity contribution in [2.45, 2.75) is 13.1 Å². The summed E-state index contributed by atoms with van der Waals surface area (Å²) in [5.74, 6) is -11.3. The van der Waals surface area contributed by atoms with Crippen LogP contribution in [0.1, 0.15) is 21.7 Å². The number of anilines is 1. The number of halogens is 7. The molecule has 0 bridgehead atoms. The van der Waals surface area contributed by atoms with Crippen LogP contribution in [0, 0.1) is 30.2 Å². The van der Waals surface area contributed by atoms with E-state index >= 15 is 0 Å². The Morgan fingerprint density at radius 1 is 1.08 bits per heavy atom. The maximum Gasteiger partial charge on any atom is 0.422 e. The van der Waals surface area contributed by atoms with Crippen LogP contribution in [0.3, 0.4) is 0 Å². The van der Waals surface area contributed by atoms with Crippen molar-refractivity contribution in [3.05, 3.63) is 46.3 Å². The second-order valence-electron chi connectivity index (χ2n) is 4.75. The third kappa shape index (κ3) is 2.93. The molecule has 0 aliphatic carbocycles. The van der Waals surface area contributed by atoms with Crippen LogP contribution >= 0.6 is 0 Å². The quantitative estimate of drug-likeness (QED) is 0.662. The largest absolute Gasteiger partial charge is 0.422 e. The third-order valence-corrected chi connectivity index (χ3v) is 3.13. The number of hydrogen-bond donors (Lipinski definition) is 1. The van der Waals surface area contributed by atoms with E-state index in [1.807, 2.05) is 0 Å². The summed E-state index contributed by atoms with van der Waals surface area (Å²) in [7, 11) is 1.45. The van der Waals surface area contributed by atoms with Crippen LogP contribution in [0.15, 0.2) is 6.07 Å². The van der Waals surface area contributed by atoms with E-state index in [1.54, 1.807) is 6.92 Å². The van der Waals surface area contributed by atoms with Crippen LogP contribution in [0.25, 0.3) is 0 Å². The Morgan fingerprint density at radius 3 is 1.96 bits per heavy atom. The van der Waals surface area contributed by atoms with Gasteiger partial charge in [-0.3, -0.25) is 9.48 Å². The van der Waals surface area contributed by atoms with Crippen molar-refractivity contribution in [2.24, 2.45) is 7.05 Å². The first kappa shape index (κ1) is 17.8. The van der Waals surface area contributed by atoms with Gasteiger partial charge in [-0.2, -0.15) is 18.3 Å². The summed E-state index contributed by atoms with van der Waals surface area (Å²) in [6.07, 6.45) is -5.66. The molecule has 11 heteroatoms. The number of carbonyl (C=O) groups excluding carboxylic acids is 1. The van der Waals surface area contributed by atoms with Gasteiger partial charge in [-0.15, -0.1) is 0 Å². The Balaban J connectivity index is 2.50. The van der Waals surface area contributed by atoms with Crippen LogP contribution in [0.5, 0.6) is 0 Å². The Bertz CT molecular complexity index is 777. The number of aryl methyl sites for hydroxylation is 2. The van der Waals surface area contributed by atoms with Gasteiger partial charge in [0.15, 0.2) is 29.0 Å². The molecule has 0 aliphatic rings. The molecule has 1 heterocycles. The molecule has 2 rings (SSSR count). The zero-order valence-electron chi connectivity index (χ0n) is 12.0. The first-order chi connectivity index (χ1) is 10.9. The van der Waals surface area contributed by atoms with Crippen molar-refractivity contribution in [3.63, 3.8) is 0 Å². The molecule has 2 aromatic rings. The number of rotatable bonds is 2. The summed E-state index contributed by atoms with van der Waals surface area (Å²) >= 11 is 0. The molecular formula is C13H8F7N3O. The highest BCUT2D eigenvalue weighted by Gasteiger charge is 2.42. The normalized spacial score (nSPS) is 11.7. The van der Waals surface area contributed by atoms with Crippen LogP contribution in [0.4, 0.5) is 36.4 Å². The molecular weight excluding hydrogens is 347 g/mol. The zero-order valence-corrected chi connectivity index (χ0v) is 12.0. The second kappa shape index (κ2) is 5.80. The van der Waals surface area contributed by atoms with Gasteiger partial charge in [-0.25, -0.2) is 17.6 Å². The highest BCUT2D eigenvalue weighted by Crippen LogP contribution is 2.38. The lowest BCUT2D eigenvalue weighted by Crippen LogP contribution is -2.20. The minimum absolute atomic E-state index is 0.352. The van der Waals surface area contributed by atoms with Gasteiger partial charge in [0.25, 0.3) is 5.91 Å². The Morgan fingerprint density at radius 2 is 1.58 bits per heavy atom. The SMILES string of the molecule is Cc1cc(C(=O)Nc2c(F)c(F)c(C(F)(F)F)c(F)c2F)nn1C. The summed E-state index contributed by atoms with van der Waals surface area (Å²) in [5.41, 5.74) is -4.27. The predicted molar refractivity (Wildman–Crippen MR) is 67.2 cm³/mol. The fourth-order valence-electron chi connectivity index (χ4n) is 1.84. The van der Waals surface area contributed by atoms with Crippen LogP contribution < -0.4 is 5.32 Å². The maximum atomic E-state index is 13.7. The minimum Gasteiger partial charge on any atom is -0.315 e. The number of nitrogens with one attached hydrogen (secondary N) is 1. The predicted octanol–water partition coefficient (Wildman–Crippen LogP) is 3.56. The fraction of sp³-hybridized carbons (Fsp3) is 0.231. The molecule has 0 fully saturated rings. The summed E-state index contributed by atoms with van der Waals surface area (Å²) in [6.45, 7) is 1.54. The van der Waals surface area contributed by atoms with Gasteiger partial charge in [0.2, 0.25) is 0 Å². The van der Waals surface area contributed by atoms with E-state index in [9.17, 15) is 35.5 Å². The number of benzene rings is 1. The van der Waals surface area contributed by atoms with Gasteiger partial charge >= 0.3 is 6.18 Å². The molecule has 24 heavy (non-hydrogen) atoms. The first-order valence-corrected chi connectivity index (χ1v) is 6.20. The number of carbonyl (C=O) groups is 1. The summed E-state index contributed by atoms with van der Waals surface area (Å²) in [4.78, 5) is 11.8. The molecule has 0 spiro atoms. The molecule has 0 unspecified atom stereocenters. The van der Waals surface area contributed by atoms with E-state index in [2.05, 4.69) is 5.10 Å². The van der Waals surface area contributed by atoms with Crippen molar-refractivity contribution in [2.75, 3.05) is 5.32 Å². The van der Waals surface area contributed by atoms with E-state index in [-0.39, 0.29) is 5.69 Å². The smallest absolute Gasteiger partial charge is 0.315 e. The van der Waals surface area contributed by atoms with Crippen molar-refractivity contribution in [1.29, 1.82) is 0 Å². The van der Waals surface area contributed by atoms with E-state index in [4.69, 9.17) is 0 Å². The lowest BCUT2D eigenvalue weighted by atomic mass is 10.1. The third-order valence-electron chi connectivity index (χ3n) is 3.13. The summed E-state index contributed by atoms with van der Waals surface area (Å²) in [6, 6.07) is 1.20. The van der Waals surface area contributed by atoms with Crippen molar-refractivity contribution >= 4 is 11.6 Å². The van der Waals surface area contributed by atoms with E-state index < -0.39 is 46.6 Å². The molecule has 1 N–H and O–H groups in total. The molecule has 0 aliphatic heterocycles. The van der Waals surface area contributed by atoms with E-state index in [1.165, 1.54) is 23.1 Å². The first-order valence-electron chi connectivity index (χ1n) is 6.20. The maximum absolute atomic E-state index is 13.7. The van der Waals surface area contributed by atoms with E-state index in [0.29, 0.717) is 5.69 Å². The van der Waals surface area contributed by atoms with Gasteiger partial charge < -0.3 is 5.32 Å². The standard InChI is InChI=1S/C13H8F7N3O/c1-4-3-5(22-23(4)2)12(24)21-11-9(16)7(14)6(13(18,19)20)8(15)10(11)17/h3H,1-2H3,(H,21,24). The number of hydrogen-bond acceptors (Lipinski definition) is 2. The molecule has 0 radical (unpaired) electrons. The molecule has 0 atom stereocenters. The van der Waals surface area contributed by atoms with Crippen molar-refractivity contribution in [1.82, 2.24) is 9.78 Å². The lowest BCUT2D eigenvalue weighted by molar-refractivity contribution is -0.143. The number of amides is 1. The van der Waals surface area contributed by atoms with Gasteiger partial charge in [-0.05, 0) is 13.0 Å². The molecule has 1 aromatic carbocycles. The molecule has 4 nitrogen and oxygen atoms in total. The van der Waals surface area contributed by atoms with Crippen molar-refractivity contribution < 1.29 is 35.5 Å². The average Bonchev–Trinajstić information content (AvgIpc) is 2.80. The highest BCUT2D eigenvalue weighted by molar-refractivity contribution is 6.03. The number of alkyl halides is 3. The van der Waals surface area contributed by atoms with E-state index in [0.717, 1.165) is 0 Å². The lowest BCUT2D eigenvalue weighted by Gasteiger charge is -2.14. The average molecular weight is 355 g/mol. The topological polar surface area (TPSA) is 46.9 Å². The van der Waals surface area contributed by atoms with Crippen LogP contribution in [-0.2, 0) is 13.2 Å². The van der Waals surface area contributed by atoms with Crippen molar-refractivity contribution in [3.8, 4) is 0 Å². The molecule has 130 valence electrons. The Labute approximate surface area is 129 Å². The molecule has 1 amide bonds. The second-order valence-corrected chi connectivity index (χ2v) is 4.75. The highest BCUT2D eigenvalue weighted by atomic mass is 19.4. The van der Waals surface area contributed by atoms with Gasteiger partial charge in [0.05, 0.1) is 0 Å². The molecule has 0 saturated heterocycles. The molecule has 0 saturated carbocycles. The number of aromatic nitrogens is 2. The van der Waals surface area contributed by atoms with Crippen LogP contribution in [-0.4, -0.2) is 15.7 Å². The van der Waals surface area contributed by atoms with Gasteiger partial charge in [0.1, 0.15) is 11.3 Å². The molecule has 1 aromatic heterocycles. The Kier molecular flexibility index (Phi) is 4.29. The number of nitrogens with zero attached hydrogens (tertiary/aromatic N) is 2. The van der Waals surface area contributed by atoms with Crippen LogP contribution in [0.2, 0.25) is 0 Å². The monoisotopic (exact) mass is 355 g/mol. The zero-order chi connectivity index (χ0) is 18.4. The summed E-state index contributed by atoms with van der Waals surface area (Å²) in [5, 5.41) is 5.14. The summed E-state index contributed by atoms with van der Waals surface area (Å²) < 4.78 is 92.9. The minimum atomic E-state index is -5.66.